The molecule has 1 aromatic carbocycles. The highest BCUT2D eigenvalue weighted by atomic mass is 16.4. The van der Waals surface area contributed by atoms with E-state index in [9.17, 15) is 4.79 Å². The van der Waals surface area contributed by atoms with E-state index in [1.807, 2.05) is 18.2 Å². The highest BCUT2D eigenvalue weighted by Gasteiger charge is 2.21. The van der Waals surface area contributed by atoms with Gasteiger partial charge in [0.25, 0.3) is 0 Å². The van der Waals surface area contributed by atoms with Crippen molar-refractivity contribution in [2.75, 3.05) is 13.1 Å². The summed E-state index contributed by atoms with van der Waals surface area (Å²) in [4.78, 5) is 12.5. The van der Waals surface area contributed by atoms with Crippen LogP contribution in [-0.4, -0.2) is 29.1 Å². The molecule has 0 saturated carbocycles. The van der Waals surface area contributed by atoms with Crippen molar-refractivity contribution in [2.24, 2.45) is 0 Å². The van der Waals surface area contributed by atoms with E-state index in [1.165, 1.54) is 11.6 Å². The lowest BCUT2D eigenvalue weighted by Gasteiger charge is -2.12. The molecule has 0 spiro atoms. The average Bonchev–Trinajstić information content (AvgIpc) is 2.76. The standard InChI is InChI=1S/C13H15NO2/c15-13(16)7-9-14-8-6-12(10-14)11-4-2-1-3-5-11/h1-5,7,9,12H,6,8,10H2,(H,15,16). The molecule has 1 atom stereocenters. The summed E-state index contributed by atoms with van der Waals surface area (Å²) in [5.74, 6) is -0.359. The summed E-state index contributed by atoms with van der Waals surface area (Å²) in [7, 11) is 0. The summed E-state index contributed by atoms with van der Waals surface area (Å²) in [5, 5.41) is 8.54. The molecule has 1 N–H and O–H groups in total. The molecule has 1 aromatic rings. The summed E-state index contributed by atoms with van der Waals surface area (Å²) < 4.78 is 0. The molecule has 1 saturated heterocycles. The zero-order valence-corrected chi connectivity index (χ0v) is 9.04. The monoisotopic (exact) mass is 217 g/mol. The topological polar surface area (TPSA) is 40.5 Å². The number of carbonyl (C=O) groups is 1. The Morgan fingerprint density at radius 2 is 2.12 bits per heavy atom. The van der Waals surface area contributed by atoms with E-state index in [-0.39, 0.29) is 0 Å². The first-order valence-electron chi connectivity index (χ1n) is 5.46. The minimum Gasteiger partial charge on any atom is -0.478 e. The van der Waals surface area contributed by atoms with Crippen LogP contribution in [0.4, 0.5) is 0 Å². The number of hydrogen-bond donors (Lipinski definition) is 1. The van der Waals surface area contributed by atoms with Crippen LogP contribution >= 0.6 is 0 Å². The van der Waals surface area contributed by atoms with Crippen molar-refractivity contribution < 1.29 is 9.90 Å². The van der Waals surface area contributed by atoms with E-state index in [0.717, 1.165) is 19.5 Å². The van der Waals surface area contributed by atoms with E-state index < -0.39 is 5.97 Å². The van der Waals surface area contributed by atoms with Crippen LogP contribution in [0.3, 0.4) is 0 Å². The number of likely N-dealkylation sites (tertiary alicyclic amines) is 1. The largest absolute Gasteiger partial charge is 0.478 e. The molecule has 0 bridgehead atoms. The van der Waals surface area contributed by atoms with Gasteiger partial charge >= 0.3 is 5.97 Å². The molecular formula is C13H15NO2. The molecule has 0 amide bonds. The maximum absolute atomic E-state index is 10.4. The molecule has 0 aliphatic carbocycles. The van der Waals surface area contributed by atoms with Gasteiger partial charge in [-0.25, -0.2) is 4.79 Å². The van der Waals surface area contributed by atoms with Crippen LogP contribution in [0.1, 0.15) is 17.9 Å². The molecule has 0 aromatic heterocycles. The SMILES string of the molecule is O=C(O)C=CN1CCC(c2ccccc2)C1. The Balaban J connectivity index is 1.96. The van der Waals surface area contributed by atoms with Crippen LogP contribution in [0, 0.1) is 0 Å². The van der Waals surface area contributed by atoms with Gasteiger partial charge in [-0.05, 0) is 12.0 Å². The zero-order valence-electron chi connectivity index (χ0n) is 9.04. The Morgan fingerprint density at radius 3 is 2.81 bits per heavy atom. The van der Waals surface area contributed by atoms with Crippen molar-refractivity contribution in [3.8, 4) is 0 Å². The lowest BCUT2D eigenvalue weighted by molar-refractivity contribution is -0.131. The Morgan fingerprint density at radius 1 is 1.38 bits per heavy atom. The minimum atomic E-state index is -0.886. The van der Waals surface area contributed by atoms with Gasteiger partial charge in [-0.1, -0.05) is 30.3 Å². The third kappa shape index (κ3) is 2.63. The van der Waals surface area contributed by atoms with Crippen LogP contribution in [0.5, 0.6) is 0 Å². The summed E-state index contributed by atoms with van der Waals surface area (Å²) in [6.45, 7) is 1.84. The normalized spacial score (nSPS) is 20.5. The van der Waals surface area contributed by atoms with E-state index >= 15 is 0 Å². The zero-order chi connectivity index (χ0) is 11.4. The Bertz CT molecular complexity index is 386. The van der Waals surface area contributed by atoms with Gasteiger partial charge < -0.3 is 10.0 Å². The molecule has 3 heteroatoms. The van der Waals surface area contributed by atoms with Crippen LogP contribution in [-0.2, 0) is 4.79 Å². The molecule has 16 heavy (non-hydrogen) atoms. The molecule has 3 nitrogen and oxygen atoms in total. The summed E-state index contributed by atoms with van der Waals surface area (Å²) in [5.41, 5.74) is 1.34. The molecule has 0 radical (unpaired) electrons. The van der Waals surface area contributed by atoms with E-state index in [4.69, 9.17) is 5.11 Å². The number of carboxylic acids is 1. The van der Waals surface area contributed by atoms with Crippen molar-refractivity contribution in [1.29, 1.82) is 0 Å². The lowest BCUT2D eigenvalue weighted by Crippen LogP contribution is -2.13. The lowest BCUT2D eigenvalue weighted by atomic mass is 9.99. The third-order valence-electron chi connectivity index (χ3n) is 2.92. The van der Waals surface area contributed by atoms with Gasteiger partial charge in [0.15, 0.2) is 0 Å². The number of benzene rings is 1. The highest BCUT2D eigenvalue weighted by molar-refractivity contribution is 5.79. The first-order valence-corrected chi connectivity index (χ1v) is 5.46. The second-order valence-corrected chi connectivity index (χ2v) is 4.05. The fourth-order valence-electron chi connectivity index (χ4n) is 2.09. The Labute approximate surface area is 95.0 Å². The number of aliphatic carboxylic acids is 1. The quantitative estimate of drug-likeness (QED) is 0.788. The highest BCUT2D eigenvalue weighted by Crippen LogP contribution is 2.26. The number of nitrogens with zero attached hydrogens (tertiary/aromatic N) is 1. The van der Waals surface area contributed by atoms with E-state index in [1.54, 1.807) is 6.20 Å². The number of hydrogen-bond acceptors (Lipinski definition) is 2. The van der Waals surface area contributed by atoms with Crippen molar-refractivity contribution in [3.63, 3.8) is 0 Å². The summed E-state index contributed by atoms with van der Waals surface area (Å²) in [6.07, 6.45) is 3.96. The van der Waals surface area contributed by atoms with E-state index in [0.29, 0.717) is 5.92 Å². The first kappa shape index (κ1) is 10.7. The van der Waals surface area contributed by atoms with Crippen LogP contribution in [0.2, 0.25) is 0 Å². The maximum Gasteiger partial charge on any atom is 0.329 e. The molecule has 1 fully saturated rings. The van der Waals surface area contributed by atoms with E-state index in [2.05, 4.69) is 17.0 Å². The first-order chi connectivity index (χ1) is 7.75. The predicted molar refractivity (Wildman–Crippen MR) is 62.1 cm³/mol. The van der Waals surface area contributed by atoms with Crippen LogP contribution in [0.15, 0.2) is 42.6 Å². The van der Waals surface area contributed by atoms with Crippen molar-refractivity contribution >= 4 is 5.97 Å². The average molecular weight is 217 g/mol. The number of carboxylic acid groups (broad SMARTS) is 1. The predicted octanol–water partition coefficient (Wildman–Crippen LogP) is 2.07. The molecule has 1 aliphatic heterocycles. The van der Waals surface area contributed by atoms with Gasteiger partial charge in [0, 0.05) is 31.3 Å². The molecular weight excluding hydrogens is 202 g/mol. The van der Waals surface area contributed by atoms with Gasteiger partial charge in [-0.2, -0.15) is 0 Å². The Hall–Kier alpha value is -1.77. The summed E-state index contributed by atoms with van der Waals surface area (Å²) in [6, 6.07) is 10.4. The van der Waals surface area contributed by atoms with Crippen molar-refractivity contribution in [1.82, 2.24) is 4.90 Å². The molecule has 2 rings (SSSR count). The molecule has 1 unspecified atom stereocenters. The van der Waals surface area contributed by atoms with Crippen LogP contribution < -0.4 is 0 Å². The van der Waals surface area contributed by atoms with Crippen molar-refractivity contribution in [2.45, 2.75) is 12.3 Å². The van der Waals surface area contributed by atoms with Gasteiger partial charge in [-0.15, -0.1) is 0 Å². The van der Waals surface area contributed by atoms with Gasteiger partial charge in [-0.3, -0.25) is 0 Å². The van der Waals surface area contributed by atoms with Gasteiger partial charge in [0.1, 0.15) is 0 Å². The number of rotatable bonds is 3. The smallest absolute Gasteiger partial charge is 0.329 e. The van der Waals surface area contributed by atoms with Gasteiger partial charge in [0.2, 0.25) is 0 Å². The second kappa shape index (κ2) is 4.84. The molecule has 1 aliphatic rings. The fraction of sp³-hybridized carbons (Fsp3) is 0.308. The Kier molecular flexibility index (Phi) is 3.25. The third-order valence-corrected chi connectivity index (χ3v) is 2.92. The van der Waals surface area contributed by atoms with Crippen molar-refractivity contribution in [3.05, 3.63) is 48.2 Å². The molecule has 1 heterocycles. The molecule has 84 valence electrons. The fourth-order valence-corrected chi connectivity index (χ4v) is 2.09. The van der Waals surface area contributed by atoms with Crippen LogP contribution in [0.25, 0.3) is 0 Å². The van der Waals surface area contributed by atoms with Gasteiger partial charge in [0.05, 0.1) is 0 Å². The summed E-state index contributed by atoms with van der Waals surface area (Å²) >= 11 is 0. The minimum absolute atomic E-state index is 0.527. The maximum atomic E-state index is 10.4. The second-order valence-electron chi connectivity index (χ2n) is 4.05.